The van der Waals surface area contributed by atoms with Gasteiger partial charge in [-0.05, 0) is 24.1 Å². The van der Waals surface area contributed by atoms with Crippen molar-refractivity contribution in [2.75, 3.05) is 0 Å². The lowest BCUT2D eigenvalue weighted by Crippen LogP contribution is -2.07. The van der Waals surface area contributed by atoms with Gasteiger partial charge in [0.25, 0.3) is 0 Å². The molecule has 110 valence electrons. The van der Waals surface area contributed by atoms with Gasteiger partial charge in [-0.25, -0.2) is 4.79 Å². The molecule has 0 fully saturated rings. The molecule has 21 heavy (non-hydrogen) atoms. The van der Waals surface area contributed by atoms with Crippen LogP contribution < -0.4 is 0 Å². The predicted molar refractivity (Wildman–Crippen MR) is 76.6 cm³/mol. The molecule has 1 N–H and O–H groups in total. The van der Waals surface area contributed by atoms with Crippen molar-refractivity contribution in [1.29, 1.82) is 0 Å². The SMILES string of the molecule is CC(=O)OCc1cc(C)c(C(=O)OCc2ccccc2)[nH]1. The number of benzene rings is 1. The third kappa shape index (κ3) is 4.21. The van der Waals surface area contributed by atoms with Crippen LogP contribution in [0.5, 0.6) is 0 Å². The maximum absolute atomic E-state index is 12.0. The van der Waals surface area contributed by atoms with E-state index in [1.54, 1.807) is 13.0 Å². The molecule has 1 heterocycles. The number of carbonyl (C=O) groups excluding carboxylic acids is 2. The number of esters is 2. The van der Waals surface area contributed by atoms with E-state index in [1.165, 1.54) is 6.92 Å². The van der Waals surface area contributed by atoms with E-state index in [0.717, 1.165) is 11.1 Å². The fraction of sp³-hybridized carbons (Fsp3) is 0.250. The molecular formula is C16H17NO4. The van der Waals surface area contributed by atoms with Crippen molar-refractivity contribution in [3.63, 3.8) is 0 Å². The third-order valence-corrected chi connectivity index (χ3v) is 2.92. The Morgan fingerprint density at radius 2 is 1.81 bits per heavy atom. The van der Waals surface area contributed by atoms with Crippen LogP contribution in [-0.2, 0) is 27.5 Å². The molecule has 0 atom stereocenters. The average molecular weight is 287 g/mol. The minimum atomic E-state index is -0.426. The zero-order valence-corrected chi connectivity index (χ0v) is 12.0. The Balaban J connectivity index is 1.97. The van der Waals surface area contributed by atoms with Crippen molar-refractivity contribution in [3.8, 4) is 0 Å². The second-order valence-corrected chi connectivity index (χ2v) is 4.69. The number of ether oxygens (including phenoxy) is 2. The Morgan fingerprint density at radius 3 is 2.48 bits per heavy atom. The third-order valence-electron chi connectivity index (χ3n) is 2.92. The van der Waals surface area contributed by atoms with Gasteiger partial charge in [0.2, 0.25) is 0 Å². The van der Waals surface area contributed by atoms with Gasteiger partial charge in [-0.1, -0.05) is 30.3 Å². The van der Waals surface area contributed by atoms with Crippen LogP contribution in [0.25, 0.3) is 0 Å². The smallest absolute Gasteiger partial charge is 0.355 e. The number of aromatic nitrogens is 1. The molecule has 0 unspecified atom stereocenters. The minimum Gasteiger partial charge on any atom is -0.459 e. The minimum absolute atomic E-state index is 0.113. The average Bonchev–Trinajstić information content (AvgIpc) is 2.85. The van der Waals surface area contributed by atoms with E-state index in [0.29, 0.717) is 11.4 Å². The molecule has 0 saturated carbocycles. The predicted octanol–water partition coefficient (Wildman–Crippen LogP) is 2.74. The van der Waals surface area contributed by atoms with E-state index in [2.05, 4.69) is 4.98 Å². The number of hydrogen-bond acceptors (Lipinski definition) is 4. The molecule has 1 aromatic carbocycles. The molecule has 0 bridgehead atoms. The molecule has 0 amide bonds. The summed E-state index contributed by atoms with van der Waals surface area (Å²) in [5, 5.41) is 0. The van der Waals surface area contributed by atoms with E-state index >= 15 is 0 Å². The number of aromatic amines is 1. The first kappa shape index (κ1) is 14.8. The first-order chi connectivity index (χ1) is 10.1. The van der Waals surface area contributed by atoms with Crippen LogP contribution in [-0.4, -0.2) is 16.9 Å². The first-order valence-electron chi connectivity index (χ1n) is 6.59. The second-order valence-electron chi connectivity index (χ2n) is 4.69. The molecule has 0 spiro atoms. The summed E-state index contributed by atoms with van der Waals surface area (Å²) < 4.78 is 10.1. The molecule has 5 heteroatoms. The number of rotatable bonds is 5. The topological polar surface area (TPSA) is 68.4 Å². The first-order valence-corrected chi connectivity index (χ1v) is 6.59. The Kier molecular flexibility index (Phi) is 4.77. The van der Waals surface area contributed by atoms with E-state index in [1.807, 2.05) is 30.3 Å². The molecule has 2 aromatic rings. The summed E-state index contributed by atoms with van der Waals surface area (Å²) in [5.41, 5.74) is 2.73. The summed E-state index contributed by atoms with van der Waals surface area (Å²) in [6.07, 6.45) is 0. The van der Waals surface area contributed by atoms with E-state index in [-0.39, 0.29) is 19.2 Å². The van der Waals surface area contributed by atoms with Gasteiger partial charge in [0.05, 0.1) is 5.69 Å². The number of carbonyl (C=O) groups is 2. The van der Waals surface area contributed by atoms with Gasteiger partial charge in [-0.2, -0.15) is 0 Å². The van der Waals surface area contributed by atoms with Crippen LogP contribution in [0, 0.1) is 6.92 Å². The Morgan fingerprint density at radius 1 is 1.10 bits per heavy atom. The fourth-order valence-corrected chi connectivity index (χ4v) is 1.89. The Labute approximate surface area is 122 Å². The number of hydrogen-bond donors (Lipinski definition) is 1. The standard InChI is InChI=1S/C16H17NO4/c1-11-8-14(10-20-12(2)18)17-15(11)16(19)21-9-13-6-4-3-5-7-13/h3-8,17H,9-10H2,1-2H3. The molecule has 1 aromatic heterocycles. The lowest BCUT2D eigenvalue weighted by atomic mass is 10.2. The molecule has 0 radical (unpaired) electrons. The highest BCUT2D eigenvalue weighted by Gasteiger charge is 2.14. The maximum atomic E-state index is 12.0. The molecule has 5 nitrogen and oxygen atoms in total. The Hall–Kier alpha value is -2.56. The molecule has 0 aliphatic carbocycles. The second kappa shape index (κ2) is 6.74. The van der Waals surface area contributed by atoms with Crippen LogP contribution >= 0.6 is 0 Å². The summed E-state index contributed by atoms with van der Waals surface area (Å²) in [7, 11) is 0. The van der Waals surface area contributed by atoms with Gasteiger partial charge in [0, 0.05) is 6.92 Å². The molecule has 2 rings (SSSR count). The quantitative estimate of drug-likeness (QED) is 0.859. The summed E-state index contributed by atoms with van der Waals surface area (Å²) in [5.74, 6) is -0.791. The van der Waals surface area contributed by atoms with Crippen LogP contribution in [0.2, 0.25) is 0 Å². The summed E-state index contributed by atoms with van der Waals surface area (Å²) in [6.45, 7) is 3.47. The summed E-state index contributed by atoms with van der Waals surface area (Å²) in [6, 6.07) is 11.2. The van der Waals surface area contributed by atoms with Gasteiger partial charge >= 0.3 is 11.9 Å². The van der Waals surface area contributed by atoms with Gasteiger partial charge in [-0.15, -0.1) is 0 Å². The van der Waals surface area contributed by atoms with Gasteiger partial charge in [0.1, 0.15) is 18.9 Å². The monoisotopic (exact) mass is 287 g/mol. The highest BCUT2D eigenvalue weighted by atomic mass is 16.5. The summed E-state index contributed by atoms with van der Waals surface area (Å²) >= 11 is 0. The van der Waals surface area contributed by atoms with Gasteiger partial charge < -0.3 is 14.5 Å². The van der Waals surface area contributed by atoms with Gasteiger partial charge in [-0.3, -0.25) is 4.79 Å². The van der Waals surface area contributed by atoms with E-state index < -0.39 is 5.97 Å². The van der Waals surface area contributed by atoms with Crippen molar-refractivity contribution in [1.82, 2.24) is 4.98 Å². The Bertz CT molecular complexity index is 631. The van der Waals surface area contributed by atoms with Crippen LogP contribution in [0.3, 0.4) is 0 Å². The molecular weight excluding hydrogens is 270 g/mol. The van der Waals surface area contributed by atoms with Crippen molar-refractivity contribution in [2.24, 2.45) is 0 Å². The van der Waals surface area contributed by atoms with Gasteiger partial charge in [0.15, 0.2) is 0 Å². The maximum Gasteiger partial charge on any atom is 0.355 e. The molecule has 0 saturated heterocycles. The lowest BCUT2D eigenvalue weighted by molar-refractivity contribution is -0.142. The fourth-order valence-electron chi connectivity index (χ4n) is 1.89. The van der Waals surface area contributed by atoms with Crippen LogP contribution in [0.15, 0.2) is 36.4 Å². The largest absolute Gasteiger partial charge is 0.459 e. The zero-order chi connectivity index (χ0) is 15.2. The zero-order valence-electron chi connectivity index (χ0n) is 12.0. The highest BCUT2D eigenvalue weighted by molar-refractivity contribution is 5.89. The number of nitrogens with one attached hydrogen (secondary N) is 1. The van der Waals surface area contributed by atoms with Crippen molar-refractivity contribution >= 4 is 11.9 Å². The van der Waals surface area contributed by atoms with Crippen LogP contribution in [0.1, 0.15) is 34.2 Å². The number of H-pyrrole nitrogens is 1. The van der Waals surface area contributed by atoms with E-state index in [9.17, 15) is 9.59 Å². The molecule has 0 aliphatic heterocycles. The van der Waals surface area contributed by atoms with Crippen LogP contribution in [0.4, 0.5) is 0 Å². The van der Waals surface area contributed by atoms with E-state index in [4.69, 9.17) is 9.47 Å². The summed E-state index contributed by atoms with van der Waals surface area (Å²) in [4.78, 5) is 25.7. The van der Waals surface area contributed by atoms with Crippen molar-refractivity contribution < 1.29 is 19.1 Å². The highest BCUT2D eigenvalue weighted by Crippen LogP contribution is 2.13. The number of aryl methyl sites for hydroxylation is 1. The van der Waals surface area contributed by atoms with Crippen molar-refractivity contribution in [2.45, 2.75) is 27.1 Å². The molecule has 0 aliphatic rings. The lowest BCUT2D eigenvalue weighted by Gasteiger charge is -2.04. The normalized spacial score (nSPS) is 10.2. The van der Waals surface area contributed by atoms with Crippen molar-refractivity contribution in [3.05, 3.63) is 58.9 Å².